The van der Waals surface area contributed by atoms with Gasteiger partial charge in [-0.1, -0.05) is 29.3 Å². The van der Waals surface area contributed by atoms with Crippen molar-refractivity contribution in [1.29, 1.82) is 0 Å². The molecule has 1 aliphatic rings. The summed E-state index contributed by atoms with van der Waals surface area (Å²) in [5, 5.41) is 1.23. The summed E-state index contributed by atoms with van der Waals surface area (Å²) in [5.74, 6) is 0. The van der Waals surface area contributed by atoms with Crippen molar-refractivity contribution >= 4 is 23.2 Å². The van der Waals surface area contributed by atoms with E-state index in [-0.39, 0.29) is 0 Å². The highest BCUT2D eigenvalue weighted by Gasteiger charge is 2.22. The van der Waals surface area contributed by atoms with Gasteiger partial charge in [-0.25, -0.2) is 0 Å². The molecule has 0 saturated carbocycles. The first-order chi connectivity index (χ1) is 5.75. The Kier molecular flexibility index (Phi) is 2.26. The number of halogens is 2. The van der Waals surface area contributed by atoms with E-state index < -0.39 is 0 Å². The molecule has 1 aromatic rings. The van der Waals surface area contributed by atoms with Crippen LogP contribution in [0.1, 0.15) is 5.56 Å². The third-order valence-electron chi connectivity index (χ3n) is 1.85. The molecule has 1 unspecified atom stereocenters. The zero-order valence-corrected chi connectivity index (χ0v) is 7.90. The minimum Gasteiger partial charge on any atom is -0.373 e. The Balaban J connectivity index is 2.15. The second kappa shape index (κ2) is 3.25. The van der Waals surface area contributed by atoms with Crippen LogP contribution in [0.2, 0.25) is 10.0 Å². The number of hydrogen-bond donors (Lipinski definition) is 0. The zero-order chi connectivity index (χ0) is 8.55. The molecular formula is C9H8Cl2O. The first-order valence-corrected chi connectivity index (χ1v) is 4.57. The van der Waals surface area contributed by atoms with Crippen molar-refractivity contribution < 1.29 is 4.74 Å². The summed E-state index contributed by atoms with van der Waals surface area (Å²) >= 11 is 11.6. The summed E-state index contributed by atoms with van der Waals surface area (Å²) in [6, 6.07) is 5.70. The van der Waals surface area contributed by atoms with Crippen molar-refractivity contribution in [1.82, 2.24) is 0 Å². The monoisotopic (exact) mass is 202 g/mol. The Morgan fingerprint density at radius 1 is 1.33 bits per heavy atom. The second-order valence-electron chi connectivity index (χ2n) is 2.91. The molecule has 1 aromatic carbocycles. The SMILES string of the molecule is Clc1ccc(CC2CO2)cc1Cl. The molecular weight excluding hydrogens is 195 g/mol. The molecule has 64 valence electrons. The lowest BCUT2D eigenvalue weighted by Gasteiger charge is -1.99. The minimum absolute atomic E-state index is 0.405. The van der Waals surface area contributed by atoms with Crippen molar-refractivity contribution in [2.45, 2.75) is 12.5 Å². The van der Waals surface area contributed by atoms with E-state index >= 15 is 0 Å². The van der Waals surface area contributed by atoms with E-state index in [0.717, 1.165) is 13.0 Å². The highest BCUT2D eigenvalue weighted by atomic mass is 35.5. The Labute approximate surface area is 81.2 Å². The first kappa shape index (κ1) is 8.36. The molecule has 1 nitrogen and oxygen atoms in total. The molecule has 0 aliphatic carbocycles. The molecule has 0 N–H and O–H groups in total. The lowest BCUT2D eigenvalue weighted by Crippen LogP contribution is -1.92. The van der Waals surface area contributed by atoms with E-state index in [2.05, 4.69) is 0 Å². The molecule has 0 radical (unpaired) electrons. The van der Waals surface area contributed by atoms with Crippen LogP contribution in [0.15, 0.2) is 18.2 Å². The van der Waals surface area contributed by atoms with Gasteiger partial charge in [0.15, 0.2) is 0 Å². The van der Waals surface area contributed by atoms with Crippen LogP contribution in [0.5, 0.6) is 0 Å². The number of epoxide rings is 1. The van der Waals surface area contributed by atoms with E-state index in [0.29, 0.717) is 16.1 Å². The average Bonchev–Trinajstić information content (AvgIpc) is 2.81. The Bertz CT molecular complexity index is 295. The van der Waals surface area contributed by atoms with Crippen molar-refractivity contribution in [3.63, 3.8) is 0 Å². The van der Waals surface area contributed by atoms with Crippen LogP contribution in [0.3, 0.4) is 0 Å². The summed E-state index contributed by atoms with van der Waals surface area (Å²) in [7, 11) is 0. The molecule has 12 heavy (non-hydrogen) atoms. The largest absolute Gasteiger partial charge is 0.373 e. The number of benzene rings is 1. The molecule has 3 heteroatoms. The van der Waals surface area contributed by atoms with Crippen LogP contribution in [0, 0.1) is 0 Å². The fraction of sp³-hybridized carbons (Fsp3) is 0.333. The summed E-state index contributed by atoms with van der Waals surface area (Å²) in [4.78, 5) is 0. The van der Waals surface area contributed by atoms with Crippen molar-refractivity contribution in [2.24, 2.45) is 0 Å². The van der Waals surface area contributed by atoms with Crippen LogP contribution < -0.4 is 0 Å². The van der Waals surface area contributed by atoms with Crippen LogP contribution >= 0.6 is 23.2 Å². The quantitative estimate of drug-likeness (QED) is 0.673. The Morgan fingerprint density at radius 2 is 2.08 bits per heavy atom. The molecule has 0 aromatic heterocycles. The summed E-state index contributed by atoms with van der Waals surface area (Å²) in [5.41, 5.74) is 1.19. The smallest absolute Gasteiger partial charge is 0.0850 e. The van der Waals surface area contributed by atoms with Gasteiger partial charge in [-0.2, -0.15) is 0 Å². The molecule has 0 spiro atoms. The molecule has 1 fully saturated rings. The fourth-order valence-corrected chi connectivity index (χ4v) is 1.44. The molecule has 1 heterocycles. The highest BCUT2D eigenvalue weighted by Crippen LogP contribution is 2.25. The maximum Gasteiger partial charge on any atom is 0.0850 e. The lowest BCUT2D eigenvalue weighted by atomic mass is 10.1. The lowest BCUT2D eigenvalue weighted by molar-refractivity contribution is 0.407. The summed E-state index contributed by atoms with van der Waals surface area (Å²) in [6.07, 6.45) is 1.35. The van der Waals surface area contributed by atoms with Gasteiger partial charge in [0.1, 0.15) is 0 Å². The Morgan fingerprint density at radius 3 is 2.67 bits per heavy atom. The van der Waals surface area contributed by atoms with Crippen LogP contribution in [-0.2, 0) is 11.2 Å². The maximum absolute atomic E-state index is 5.84. The molecule has 0 bridgehead atoms. The van der Waals surface area contributed by atoms with Gasteiger partial charge in [0.05, 0.1) is 22.8 Å². The van der Waals surface area contributed by atoms with Gasteiger partial charge in [-0.05, 0) is 17.7 Å². The number of rotatable bonds is 2. The Hall–Kier alpha value is -0.240. The van der Waals surface area contributed by atoms with E-state index in [1.165, 1.54) is 5.56 Å². The van der Waals surface area contributed by atoms with Crippen LogP contribution in [0.4, 0.5) is 0 Å². The van der Waals surface area contributed by atoms with Crippen LogP contribution in [-0.4, -0.2) is 12.7 Å². The van der Waals surface area contributed by atoms with E-state index in [1.807, 2.05) is 18.2 Å². The summed E-state index contributed by atoms with van der Waals surface area (Å²) < 4.78 is 5.11. The molecule has 2 rings (SSSR count). The fourth-order valence-electron chi connectivity index (χ4n) is 1.12. The molecule has 0 amide bonds. The first-order valence-electron chi connectivity index (χ1n) is 3.81. The van der Waals surface area contributed by atoms with Crippen molar-refractivity contribution in [3.05, 3.63) is 33.8 Å². The molecule has 1 saturated heterocycles. The van der Waals surface area contributed by atoms with Gasteiger partial charge in [0, 0.05) is 6.42 Å². The maximum atomic E-state index is 5.84. The topological polar surface area (TPSA) is 12.5 Å². The minimum atomic E-state index is 0.405. The zero-order valence-electron chi connectivity index (χ0n) is 6.39. The highest BCUT2D eigenvalue weighted by molar-refractivity contribution is 6.42. The van der Waals surface area contributed by atoms with E-state index in [4.69, 9.17) is 27.9 Å². The average molecular weight is 203 g/mol. The number of ether oxygens (including phenoxy) is 1. The molecule has 1 atom stereocenters. The van der Waals surface area contributed by atoms with Gasteiger partial charge in [0.2, 0.25) is 0 Å². The van der Waals surface area contributed by atoms with Gasteiger partial charge < -0.3 is 4.74 Å². The van der Waals surface area contributed by atoms with Gasteiger partial charge in [0.25, 0.3) is 0 Å². The standard InChI is InChI=1S/C9H8Cl2O/c10-8-2-1-6(4-9(8)11)3-7-5-12-7/h1-2,4,7H,3,5H2. The normalized spacial score (nSPS) is 21.0. The van der Waals surface area contributed by atoms with E-state index in [1.54, 1.807) is 0 Å². The van der Waals surface area contributed by atoms with Crippen LogP contribution in [0.25, 0.3) is 0 Å². The van der Waals surface area contributed by atoms with Gasteiger partial charge in [-0.15, -0.1) is 0 Å². The second-order valence-corrected chi connectivity index (χ2v) is 3.72. The molecule has 1 aliphatic heterocycles. The van der Waals surface area contributed by atoms with Gasteiger partial charge in [-0.3, -0.25) is 0 Å². The summed E-state index contributed by atoms with van der Waals surface area (Å²) in [6.45, 7) is 0.875. The predicted octanol–water partition coefficient (Wildman–Crippen LogP) is 2.93. The van der Waals surface area contributed by atoms with Crippen molar-refractivity contribution in [3.8, 4) is 0 Å². The third-order valence-corrected chi connectivity index (χ3v) is 2.59. The third kappa shape index (κ3) is 1.92. The number of hydrogen-bond acceptors (Lipinski definition) is 1. The van der Waals surface area contributed by atoms with Crippen molar-refractivity contribution in [2.75, 3.05) is 6.61 Å². The van der Waals surface area contributed by atoms with E-state index in [9.17, 15) is 0 Å². The predicted molar refractivity (Wildman–Crippen MR) is 49.9 cm³/mol. The van der Waals surface area contributed by atoms with Gasteiger partial charge >= 0.3 is 0 Å².